The summed E-state index contributed by atoms with van der Waals surface area (Å²) in [7, 11) is 1.49. The van der Waals surface area contributed by atoms with Crippen molar-refractivity contribution in [3.05, 3.63) is 34.9 Å². The van der Waals surface area contributed by atoms with Crippen LogP contribution in [0, 0.1) is 0 Å². The lowest BCUT2D eigenvalue weighted by molar-refractivity contribution is -0.125. The standard InChI is InChI=1S/C16H23ClN4O2/c1-12(15(22)19-16(23)18-2)21-9-7-20(8-10-21)11-13-3-5-14(17)6-4-13/h3-6,12H,7-11H2,1-2H3,(H2,18,19,22,23)/t12-/m0/s1. The summed E-state index contributed by atoms with van der Waals surface area (Å²) in [6.45, 7) is 6.09. The highest BCUT2D eigenvalue weighted by Gasteiger charge is 2.26. The van der Waals surface area contributed by atoms with E-state index in [1.807, 2.05) is 31.2 Å². The van der Waals surface area contributed by atoms with Crippen LogP contribution in [0.2, 0.25) is 5.02 Å². The fourth-order valence-corrected chi connectivity index (χ4v) is 2.73. The zero-order valence-corrected chi connectivity index (χ0v) is 14.3. The van der Waals surface area contributed by atoms with Crippen molar-refractivity contribution in [3.63, 3.8) is 0 Å². The molecule has 23 heavy (non-hydrogen) atoms. The summed E-state index contributed by atoms with van der Waals surface area (Å²) in [5.41, 5.74) is 1.23. The number of hydrogen-bond donors (Lipinski definition) is 2. The maximum Gasteiger partial charge on any atom is 0.321 e. The summed E-state index contributed by atoms with van der Waals surface area (Å²) in [5, 5.41) is 5.46. The number of benzene rings is 1. The lowest BCUT2D eigenvalue weighted by Gasteiger charge is -2.37. The molecule has 0 aromatic heterocycles. The van der Waals surface area contributed by atoms with Crippen LogP contribution in [0.25, 0.3) is 0 Å². The Morgan fingerprint density at radius 3 is 2.35 bits per heavy atom. The number of nitrogens with zero attached hydrogens (tertiary/aromatic N) is 2. The van der Waals surface area contributed by atoms with Gasteiger partial charge in [0.1, 0.15) is 0 Å². The van der Waals surface area contributed by atoms with E-state index in [2.05, 4.69) is 20.4 Å². The van der Waals surface area contributed by atoms with Gasteiger partial charge in [-0.1, -0.05) is 23.7 Å². The number of carbonyl (C=O) groups is 2. The molecule has 0 radical (unpaired) electrons. The second kappa shape index (κ2) is 8.29. The third-order valence-electron chi connectivity index (χ3n) is 4.12. The second-order valence-electron chi connectivity index (χ2n) is 5.68. The molecule has 2 rings (SSSR count). The molecular weight excluding hydrogens is 316 g/mol. The fourth-order valence-electron chi connectivity index (χ4n) is 2.60. The predicted molar refractivity (Wildman–Crippen MR) is 90.4 cm³/mol. The van der Waals surface area contributed by atoms with Gasteiger partial charge in [0, 0.05) is 44.8 Å². The third kappa shape index (κ3) is 5.20. The average Bonchev–Trinajstić information content (AvgIpc) is 2.56. The molecule has 0 saturated carbocycles. The number of carbonyl (C=O) groups excluding carboxylic acids is 2. The Morgan fingerprint density at radius 2 is 1.78 bits per heavy atom. The quantitative estimate of drug-likeness (QED) is 0.868. The number of urea groups is 1. The van der Waals surface area contributed by atoms with E-state index in [-0.39, 0.29) is 11.9 Å². The molecule has 2 N–H and O–H groups in total. The van der Waals surface area contributed by atoms with Gasteiger partial charge < -0.3 is 5.32 Å². The van der Waals surface area contributed by atoms with E-state index in [0.717, 1.165) is 37.7 Å². The van der Waals surface area contributed by atoms with Crippen molar-refractivity contribution in [1.29, 1.82) is 0 Å². The zero-order chi connectivity index (χ0) is 16.8. The molecule has 1 fully saturated rings. The summed E-state index contributed by atoms with van der Waals surface area (Å²) in [6.07, 6.45) is 0. The lowest BCUT2D eigenvalue weighted by Crippen LogP contribution is -2.55. The van der Waals surface area contributed by atoms with Crippen LogP contribution >= 0.6 is 11.6 Å². The Bertz CT molecular complexity index is 542. The zero-order valence-electron chi connectivity index (χ0n) is 13.5. The van der Waals surface area contributed by atoms with Crippen LogP contribution < -0.4 is 10.6 Å². The molecule has 0 bridgehead atoms. The Hall–Kier alpha value is -1.63. The fraction of sp³-hybridized carbons (Fsp3) is 0.500. The summed E-state index contributed by atoms with van der Waals surface area (Å²) < 4.78 is 0. The van der Waals surface area contributed by atoms with Crippen molar-refractivity contribution in [1.82, 2.24) is 20.4 Å². The van der Waals surface area contributed by atoms with Gasteiger partial charge in [-0.2, -0.15) is 0 Å². The summed E-state index contributed by atoms with van der Waals surface area (Å²) >= 11 is 5.90. The normalized spacial score (nSPS) is 17.5. The molecule has 1 atom stereocenters. The molecule has 1 aliphatic rings. The minimum absolute atomic E-state index is 0.268. The van der Waals surface area contributed by atoms with Crippen molar-refractivity contribution in [2.45, 2.75) is 19.5 Å². The van der Waals surface area contributed by atoms with Crippen LogP contribution in [0.4, 0.5) is 4.79 Å². The van der Waals surface area contributed by atoms with Crippen molar-refractivity contribution in [2.75, 3.05) is 33.2 Å². The first kappa shape index (κ1) is 17.7. The van der Waals surface area contributed by atoms with E-state index in [1.165, 1.54) is 12.6 Å². The van der Waals surface area contributed by atoms with Crippen molar-refractivity contribution in [2.24, 2.45) is 0 Å². The van der Waals surface area contributed by atoms with Gasteiger partial charge in [0.2, 0.25) is 5.91 Å². The second-order valence-corrected chi connectivity index (χ2v) is 6.12. The van der Waals surface area contributed by atoms with E-state index < -0.39 is 6.03 Å². The predicted octanol–water partition coefficient (Wildman–Crippen LogP) is 1.30. The molecule has 0 unspecified atom stereocenters. The number of hydrogen-bond acceptors (Lipinski definition) is 4. The van der Waals surface area contributed by atoms with Gasteiger partial charge in [-0.15, -0.1) is 0 Å². The maximum absolute atomic E-state index is 12.0. The Kier molecular flexibility index (Phi) is 6.38. The molecule has 1 aromatic rings. The molecule has 6 nitrogen and oxygen atoms in total. The number of nitrogens with one attached hydrogen (secondary N) is 2. The van der Waals surface area contributed by atoms with Gasteiger partial charge in [-0.3, -0.25) is 19.9 Å². The van der Waals surface area contributed by atoms with E-state index in [0.29, 0.717) is 0 Å². The first-order valence-corrected chi connectivity index (χ1v) is 8.11. The lowest BCUT2D eigenvalue weighted by atomic mass is 10.1. The van der Waals surface area contributed by atoms with Gasteiger partial charge in [0.15, 0.2) is 0 Å². The molecule has 7 heteroatoms. The number of imide groups is 1. The average molecular weight is 339 g/mol. The van der Waals surface area contributed by atoms with Crippen LogP contribution in [-0.2, 0) is 11.3 Å². The first-order chi connectivity index (χ1) is 11.0. The Morgan fingerprint density at radius 1 is 1.17 bits per heavy atom. The minimum Gasteiger partial charge on any atom is -0.341 e. The van der Waals surface area contributed by atoms with Crippen molar-refractivity contribution < 1.29 is 9.59 Å². The molecular formula is C16H23ClN4O2. The van der Waals surface area contributed by atoms with Gasteiger partial charge in [-0.25, -0.2) is 4.79 Å². The van der Waals surface area contributed by atoms with E-state index in [9.17, 15) is 9.59 Å². The highest BCUT2D eigenvalue weighted by atomic mass is 35.5. The summed E-state index contributed by atoms with van der Waals surface area (Å²) in [6, 6.07) is 7.09. The largest absolute Gasteiger partial charge is 0.341 e. The first-order valence-electron chi connectivity index (χ1n) is 7.73. The summed E-state index contributed by atoms with van der Waals surface area (Å²) in [5.74, 6) is -0.268. The SMILES string of the molecule is CNC(=O)NC(=O)[C@H](C)N1CCN(Cc2ccc(Cl)cc2)CC1. The van der Waals surface area contributed by atoms with Crippen molar-refractivity contribution >= 4 is 23.5 Å². The minimum atomic E-state index is -0.469. The van der Waals surface area contributed by atoms with E-state index in [1.54, 1.807) is 0 Å². The molecule has 0 aliphatic carbocycles. The van der Waals surface area contributed by atoms with Crippen LogP contribution in [0.1, 0.15) is 12.5 Å². The number of rotatable bonds is 4. The number of piperazine rings is 1. The highest BCUT2D eigenvalue weighted by molar-refractivity contribution is 6.30. The molecule has 0 spiro atoms. The number of amides is 3. The van der Waals surface area contributed by atoms with Crippen LogP contribution in [-0.4, -0.2) is 61.0 Å². The van der Waals surface area contributed by atoms with Gasteiger partial charge in [0.05, 0.1) is 6.04 Å². The number of halogens is 1. The molecule has 1 saturated heterocycles. The van der Waals surface area contributed by atoms with Gasteiger partial charge in [0.25, 0.3) is 0 Å². The maximum atomic E-state index is 12.0. The molecule has 1 aromatic carbocycles. The molecule has 1 aliphatic heterocycles. The third-order valence-corrected chi connectivity index (χ3v) is 4.37. The topological polar surface area (TPSA) is 64.7 Å². The van der Waals surface area contributed by atoms with Gasteiger partial charge in [-0.05, 0) is 24.6 Å². The van der Waals surface area contributed by atoms with Crippen LogP contribution in [0.15, 0.2) is 24.3 Å². The monoisotopic (exact) mass is 338 g/mol. The van der Waals surface area contributed by atoms with Crippen molar-refractivity contribution in [3.8, 4) is 0 Å². The molecule has 3 amide bonds. The van der Waals surface area contributed by atoms with Crippen LogP contribution in [0.5, 0.6) is 0 Å². The highest BCUT2D eigenvalue weighted by Crippen LogP contribution is 2.13. The summed E-state index contributed by atoms with van der Waals surface area (Å²) in [4.78, 5) is 27.6. The van der Waals surface area contributed by atoms with Crippen LogP contribution in [0.3, 0.4) is 0 Å². The van der Waals surface area contributed by atoms with E-state index in [4.69, 9.17) is 11.6 Å². The van der Waals surface area contributed by atoms with E-state index >= 15 is 0 Å². The molecule has 126 valence electrons. The molecule has 1 heterocycles. The van der Waals surface area contributed by atoms with Gasteiger partial charge >= 0.3 is 6.03 Å². The Balaban J connectivity index is 1.80. The Labute approximate surface area is 141 Å². The smallest absolute Gasteiger partial charge is 0.321 e.